The van der Waals surface area contributed by atoms with Crippen molar-refractivity contribution in [2.75, 3.05) is 40.5 Å². The van der Waals surface area contributed by atoms with Gasteiger partial charge in [0.1, 0.15) is 0 Å². The molecule has 3 nitrogen and oxygen atoms in total. The van der Waals surface area contributed by atoms with Crippen LogP contribution in [0.1, 0.15) is 44.9 Å². The molecule has 1 fully saturated rings. The minimum absolute atomic E-state index is 0.799. The zero-order chi connectivity index (χ0) is 13.1. The smallest absolute Gasteiger partial charge is 0.0494 e. The fraction of sp³-hybridized carbons (Fsp3) is 1.00. The summed E-state index contributed by atoms with van der Waals surface area (Å²) in [6.45, 7) is 4.00. The molecule has 0 aromatic heterocycles. The summed E-state index contributed by atoms with van der Waals surface area (Å²) >= 11 is 0. The van der Waals surface area contributed by atoms with E-state index in [1.165, 1.54) is 44.9 Å². The SMILES string of the molecule is CNCCCCCOCC1CCC(COC)CC1. The Balaban J connectivity index is 1.88. The maximum absolute atomic E-state index is 5.80. The van der Waals surface area contributed by atoms with Gasteiger partial charge in [0.2, 0.25) is 0 Å². The molecule has 3 heteroatoms. The van der Waals surface area contributed by atoms with Gasteiger partial charge in [0.05, 0.1) is 0 Å². The highest BCUT2D eigenvalue weighted by atomic mass is 16.5. The molecule has 18 heavy (non-hydrogen) atoms. The molecule has 1 aliphatic rings. The number of hydrogen-bond donors (Lipinski definition) is 1. The normalized spacial score (nSPS) is 24.3. The molecule has 0 radical (unpaired) electrons. The van der Waals surface area contributed by atoms with E-state index in [1.54, 1.807) is 0 Å². The molecule has 0 unspecified atom stereocenters. The van der Waals surface area contributed by atoms with E-state index < -0.39 is 0 Å². The third-order valence-electron chi connectivity index (χ3n) is 3.94. The Bertz CT molecular complexity index is 179. The van der Waals surface area contributed by atoms with Crippen LogP contribution in [0.15, 0.2) is 0 Å². The molecule has 0 atom stereocenters. The largest absolute Gasteiger partial charge is 0.384 e. The average Bonchev–Trinajstić information content (AvgIpc) is 2.40. The van der Waals surface area contributed by atoms with Crippen molar-refractivity contribution >= 4 is 0 Å². The summed E-state index contributed by atoms with van der Waals surface area (Å²) in [7, 11) is 3.82. The van der Waals surface area contributed by atoms with Gasteiger partial charge in [-0.25, -0.2) is 0 Å². The lowest BCUT2D eigenvalue weighted by Gasteiger charge is -2.27. The Hall–Kier alpha value is -0.120. The lowest BCUT2D eigenvalue weighted by atomic mass is 9.83. The van der Waals surface area contributed by atoms with Crippen molar-refractivity contribution in [1.29, 1.82) is 0 Å². The van der Waals surface area contributed by atoms with E-state index in [0.29, 0.717) is 0 Å². The summed E-state index contributed by atoms with van der Waals surface area (Å²) in [6, 6.07) is 0. The highest BCUT2D eigenvalue weighted by molar-refractivity contribution is 4.72. The van der Waals surface area contributed by atoms with Gasteiger partial charge in [-0.1, -0.05) is 0 Å². The number of rotatable bonds is 10. The highest BCUT2D eigenvalue weighted by Gasteiger charge is 2.20. The Kier molecular flexibility index (Phi) is 9.54. The van der Waals surface area contributed by atoms with Gasteiger partial charge < -0.3 is 14.8 Å². The lowest BCUT2D eigenvalue weighted by molar-refractivity contribution is 0.0609. The predicted octanol–water partition coefficient (Wildman–Crippen LogP) is 2.85. The maximum Gasteiger partial charge on any atom is 0.0494 e. The van der Waals surface area contributed by atoms with E-state index in [4.69, 9.17) is 9.47 Å². The first-order valence-electron chi connectivity index (χ1n) is 7.58. The first-order chi connectivity index (χ1) is 8.86. The summed E-state index contributed by atoms with van der Waals surface area (Å²) in [6.07, 6.45) is 9.06. The van der Waals surface area contributed by atoms with E-state index in [1.807, 2.05) is 14.2 Å². The molecule has 0 saturated heterocycles. The molecule has 0 bridgehead atoms. The minimum Gasteiger partial charge on any atom is -0.384 e. The van der Waals surface area contributed by atoms with Crippen LogP contribution in [-0.2, 0) is 9.47 Å². The van der Waals surface area contributed by atoms with Crippen LogP contribution in [0.3, 0.4) is 0 Å². The third kappa shape index (κ3) is 7.34. The lowest BCUT2D eigenvalue weighted by Crippen LogP contribution is -2.21. The Morgan fingerprint density at radius 2 is 1.61 bits per heavy atom. The highest BCUT2D eigenvalue weighted by Crippen LogP contribution is 2.28. The standard InChI is InChI=1S/C15H31NO2/c1-16-10-4-3-5-11-18-13-15-8-6-14(7-9-15)12-17-2/h14-16H,3-13H2,1-2H3. The molecule has 0 aromatic carbocycles. The molecule has 0 aliphatic heterocycles. The summed E-state index contributed by atoms with van der Waals surface area (Å²) in [4.78, 5) is 0. The average molecular weight is 257 g/mol. The second kappa shape index (κ2) is 10.8. The Labute approximate surface area is 113 Å². The van der Waals surface area contributed by atoms with Crippen LogP contribution in [0, 0.1) is 11.8 Å². The Morgan fingerprint density at radius 3 is 2.22 bits per heavy atom. The second-order valence-electron chi connectivity index (χ2n) is 5.58. The molecular formula is C15H31NO2. The van der Waals surface area contributed by atoms with Crippen molar-refractivity contribution in [1.82, 2.24) is 5.32 Å². The molecule has 0 heterocycles. The molecule has 0 aromatic rings. The summed E-state index contributed by atoms with van der Waals surface area (Å²) in [5.74, 6) is 1.60. The second-order valence-corrected chi connectivity index (χ2v) is 5.58. The van der Waals surface area contributed by atoms with Crippen molar-refractivity contribution in [2.45, 2.75) is 44.9 Å². The van der Waals surface area contributed by atoms with E-state index in [-0.39, 0.29) is 0 Å². The van der Waals surface area contributed by atoms with Crippen LogP contribution in [0.4, 0.5) is 0 Å². The van der Waals surface area contributed by atoms with Crippen molar-refractivity contribution < 1.29 is 9.47 Å². The topological polar surface area (TPSA) is 30.5 Å². The van der Waals surface area contributed by atoms with Crippen molar-refractivity contribution in [3.05, 3.63) is 0 Å². The molecule has 108 valence electrons. The Morgan fingerprint density at radius 1 is 0.944 bits per heavy atom. The monoisotopic (exact) mass is 257 g/mol. The number of ether oxygens (including phenoxy) is 2. The summed E-state index contributed by atoms with van der Waals surface area (Å²) in [5, 5.41) is 3.17. The maximum atomic E-state index is 5.80. The van der Waals surface area contributed by atoms with Crippen LogP contribution in [0.25, 0.3) is 0 Å². The van der Waals surface area contributed by atoms with Crippen LogP contribution in [0.5, 0.6) is 0 Å². The van der Waals surface area contributed by atoms with Crippen LogP contribution < -0.4 is 5.32 Å². The van der Waals surface area contributed by atoms with Gasteiger partial charge in [0, 0.05) is 26.9 Å². The predicted molar refractivity (Wildman–Crippen MR) is 75.9 cm³/mol. The fourth-order valence-corrected chi connectivity index (χ4v) is 2.73. The molecule has 1 aliphatic carbocycles. The van der Waals surface area contributed by atoms with E-state index >= 15 is 0 Å². The van der Waals surface area contributed by atoms with Gasteiger partial charge >= 0.3 is 0 Å². The molecule has 0 spiro atoms. The van der Waals surface area contributed by atoms with Gasteiger partial charge in [0.25, 0.3) is 0 Å². The van der Waals surface area contributed by atoms with Crippen molar-refractivity contribution in [3.63, 3.8) is 0 Å². The molecule has 1 saturated carbocycles. The first-order valence-corrected chi connectivity index (χ1v) is 7.58. The van der Waals surface area contributed by atoms with E-state index in [0.717, 1.165) is 38.2 Å². The molecule has 1 N–H and O–H groups in total. The number of methoxy groups -OCH3 is 1. The fourth-order valence-electron chi connectivity index (χ4n) is 2.73. The van der Waals surface area contributed by atoms with E-state index in [2.05, 4.69) is 5.32 Å². The van der Waals surface area contributed by atoms with Crippen molar-refractivity contribution in [3.8, 4) is 0 Å². The van der Waals surface area contributed by atoms with Gasteiger partial charge in [-0.2, -0.15) is 0 Å². The quantitative estimate of drug-likeness (QED) is 0.610. The summed E-state index contributed by atoms with van der Waals surface area (Å²) in [5.41, 5.74) is 0. The number of unbranched alkanes of at least 4 members (excludes halogenated alkanes) is 2. The molecule has 1 rings (SSSR count). The van der Waals surface area contributed by atoms with Gasteiger partial charge in [-0.15, -0.1) is 0 Å². The molecular weight excluding hydrogens is 226 g/mol. The van der Waals surface area contributed by atoms with E-state index in [9.17, 15) is 0 Å². The third-order valence-corrected chi connectivity index (χ3v) is 3.94. The zero-order valence-corrected chi connectivity index (χ0v) is 12.2. The molecule has 0 amide bonds. The van der Waals surface area contributed by atoms with Crippen LogP contribution >= 0.6 is 0 Å². The first kappa shape index (κ1) is 15.9. The minimum atomic E-state index is 0.799. The van der Waals surface area contributed by atoms with Crippen molar-refractivity contribution in [2.24, 2.45) is 11.8 Å². The summed E-state index contributed by atoms with van der Waals surface area (Å²) < 4.78 is 11.0. The number of nitrogens with one attached hydrogen (secondary N) is 1. The van der Waals surface area contributed by atoms with Crippen LogP contribution in [-0.4, -0.2) is 40.5 Å². The van der Waals surface area contributed by atoms with Gasteiger partial charge in [-0.05, 0) is 70.4 Å². The zero-order valence-electron chi connectivity index (χ0n) is 12.2. The van der Waals surface area contributed by atoms with Crippen LogP contribution in [0.2, 0.25) is 0 Å². The number of hydrogen-bond acceptors (Lipinski definition) is 3. The van der Waals surface area contributed by atoms with Gasteiger partial charge in [-0.3, -0.25) is 0 Å². The van der Waals surface area contributed by atoms with Gasteiger partial charge in [0.15, 0.2) is 0 Å².